The summed E-state index contributed by atoms with van der Waals surface area (Å²) >= 11 is 0. The van der Waals surface area contributed by atoms with E-state index in [1.54, 1.807) is 0 Å². The highest BCUT2D eigenvalue weighted by Crippen LogP contribution is 2.30. The summed E-state index contributed by atoms with van der Waals surface area (Å²) < 4.78 is 0. The van der Waals surface area contributed by atoms with E-state index in [-0.39, 0.29) is 0 Å². The van der Waals surface area contributed by atoms with Crippen LogP contribution in [-0.2, 0) is 4.79 Å². The van der Waals surface area contributed by atoms with Crippen molar-refractivity contribution in [1.82, 2.24) is 4.90 Å². The van der Waals surface area contributed by atoms with Crippen LogP contribution in [0.4, 0.5) is 0 Å². The van der Waals surface area contributed by atoms with Gasteiger partial charge in [0.2, 0.25) is 5.91 Å². The van der Waals surface area contributed by atoms with Gasteiger partial charge in [-0.1, -0.05) is 12.2 Å². The second kappa shape index (κ2) is 1.84. The molecule has 1 fully saturated rings. The molecule has 2 unspecified atom stereocenters. The number of carbonyl (C=O) groups excluding carboxylic acids is 1. The van der Waals surface area contributed by atoms with Crippen LogP contribution < -0.4 is 0 Å². The molecule has 1 aliphatic carbocycles. The van der Waals surface area contributed by atoms with Crippen LogP contribution in [0.25, 0.3) is 0 Å². The third-order valence-corrected chi connectivity index (χ3v) is 2.50. The van der Waals surface area contributed by atoms with Crippen LogP contribution in [0.15, 0.2) is 12.2 Å². The van der Waals surface area contributed by atoms with Crippen molar-refractivity contribution in [2.45, 2.75) is 18.9 Å². The number of likely N-dealkylation sites (tertiary alicyclic amines) is 1. The fraction of sp³-hybridized carbons (Fsp3) is 0.625. The summed E-state index contributed by atoms with van der Waals surface area (Å²) in [5.74, 6) is 0.634. The van der Waals surface area contributed by atoms with Crippen LogP contribution in [-0.4, -0.2) is 23.9 Å². The van der Waals surface area contributed by atoms with Crippen molar-refractivity contribution in [3.05, 3.63) is 12.2 Å². The third-order valence-electron chi connectivity index (χ3n) is 2.50. The van der Waals surface area contributed by atoms with Gasteiger partial charge in [-0.2, -0.15) is 0 Å². The quantitative estimate of drug-likeness (QED) is 0.452. The normalized spacial score (nSPS) is 37.3. The minimum Gasteiger partial charge on any atom is -0.339 e. The first kappa shape index (κ1) is 5.96. The maximum Gasteiger partial charge on any atom is 0.226 e. The molecule has 2 heteroatoms. The van der Waals surface area contributed by atoms with Crippen molar-refractivity contribution >= 4 is 5.91 Å². The molecule has 1 aliphatic heterocycles. The smallest absolute Gasteiger partial charge is 0.226 e. The molecule has 1 amide bonds. The molecule has 2 aliphatic rings. The molecule has 0 aromatic rings. The largest absolute Gasteiger partial charge is 0.339 e. The first-order valence-electron chi connectivity index (χ1n) is 3.72. The van der Waals surface area contributed by atoms with Crippen molar-refractivity contribution in [1.29, 1.82) is 0 Å². The standard InChI is InChI=1S/C8H11NO/c1-9-7-4-2-3-6(5-7)8(9)10/h2,4,6-7H,3,5H2,1H3. The van der Waals surface area contributed by atoms with Crippen molar-refractivity contribution in [2.75, 3.05) is 7.05 Å². The van der Waals surface area contributed by atoms with Gasteiger partial charge in [-0.25, -0.2) is 0 Å². The Kier molecular flexibility index (Phi) is 1.10. The highest BCUT2D eigenvalue weighted by Gasteiger charge is 2.36. The summed E-state index contributed by atoms with van der Waals surface area (Å²) in [5, 5.41) is 0. The van der Waals surface area contributed by atoms with E-state index in [0.29, 0.717) is 17.9 Å². The third kappa shape index (κ3) is 0.618. The van der Waals surface area contributed by atoms with Crippen molar-refractivity contribution < 1.29 is 4.79 Å². The number of hydrogen-bond acceptors (Lipinski definition) is 1. The van der Waals surface area contributed by atoms with Gasteiger partial charge in [0.25, 0.3) is 0 Å². The number of nitrogens with zero attached hydrogens (tertiary/aromatic N) is 1. The Morgan fingerprint density at radius 2 is 2.50 bits per heavy atom. The lowest BCUT2D eigenvalue weighted by Gasteiger charge is -2.14. The maximum atomic E-state index is 11.3. The summed E-state index contributed by atoms with van der Waals surface area (Å²) in [6, 6.07) is 0.409. The fourth-order valence-electron chi connectivity index (χ4n) is 1.81. The van der Waals surface area contributed by atoms with Gasteiger partial charge < -0.3 is 4.90 Å². The van der Waals surface area contributed by atoms with Crippen LogP contribution in [0, 0.1) is 5.92 Å². The van der Waals surface area contributed by atoms with Gasteiger partial charge in [0.15, 0.2) is 0 Å². The van der Waals surface area contributed by atoms with Crippen molar-refractivity contribution in [2.24, 2.45) is 5.92 Å². The average Bonchev–Trinajstić information content (AvgIpc) is 2.17. The second-order valence-electron chi connectivity index (χ2n) is 3.11. The Morgan fingerprint density at radius 1 is 1.70 bits per heavy atom. The highest BCUT2D eigenvalue weighted by atomic mass is 16.2. The lowest BCUT2D eigenvalue weighted by molar-refractivity contribution is -0.130. The summed E-state index contributed by atoms with van der Waals surface area (Å²) in [6.07, 6.45) is 6.27. The molecule has 0 N–H and O–H groups in total. The van der Waals surface area contributed by atoms with E-state index in [9.17, 15) is 4.79 Å². The van der Waals surface area contributed by atoms with Crippen LogP contribution in [0.2, 0.25) is 0 Å². The Labute approximate surface area is 60.5 Å². The van der Waals surface area contributed by atoms with E-state index in [2.05, 4.69) is 12.2 Å². The molecule has 2 bridgehead atoms. The van der Waals surface area contributed by atoms with Crippen LogP contribution in [0.1, 0.15) is 12.8 Å². The average molecular weight is 137 g/mol. The van der Waals surface area contributed by atoms with Gasteiger partial charge in [0, 0.05) is 13.0 Å². The number of amides is 1. The monoisotopic (exact) mass is 137 g/mol. The summed E-state index contributed by atoms with van der Waals surface area (Å²) in [4.78, 5) is 13.1. The molecule has 0 spiro atoms. The van der Waals surface area contributed by atoms with Crippen LogP contribution >= 0.6 is 0 Å². The molecule has 2 rings (SSSR count). The van der Waals surface area contributed by atoms with E-state index in [1.165, 1.54) is 0 Å². The summed E-state index contributed by atoms with van der Waals surface area (Å²) in [6.45, 7) is 0. The molecule has 0 radical (unpaired) electrons. The number of carbonyl (C=O) groups is 1. The predicted molar refractivity (Wildman–Crippen MR) is 38.4 cm³/mol. The SMILES string of the molecule is CN1C(=O)C2CC=CC1C2. The molecule has 0 aromatic carbocycles. The van der Waals surface area contributed by atoms with Crippen LogP contribution in [0.3, 0.4) is 0 Å². The number of rotatable bonds is 0. The maximum absolute atomic E-state index is 11.3. The Morgan fingerprint density at radius 3 is 3.10 bits per heavy atom. The molecule has 0 saturated carbocycles. The first-order chi connectivity index (χ1) is 4.79. The number of allylic oxidation sites excluding steroid dienone is 1. The number of fused-ring (bicyclic) bond motifs is 2. The van der Waals surface area contributed by atoms with E-state index in [4.69, 9.17) is 0 Å². The molecular formula is C8H11NO. The molecule has 54 valence electrons. The zero-order valence-corrected chi connectivity index (χ0v) is 6.08. The highest BCUT2D eigenvalue weighted by molar-refractivity contribution is 5.82. The molecule has 10 heavy (non-hydrogen) atoms. The molecule has 0 aromatic heterocycles. The predicted octanol–water partition coefficient (Wildman–Crippen LogP) is 0.793. The summed E-state index contributed by atoms with van der Waals surface area (Å²) in [5.41, 5.74) is 0. The van der Waals surface area contributed by atoms with Gasteiger partial charge in [0.05, 0.1) is 6.04 Å². The van der Waals surface area contributed by atoms with E-state index >= 15 is 0 Å². The van der Waals surface area contributed by atoms with Crippen molar-refractivity contribution in [3.63, 3.8) is 0 Å². The molecule has 2 nitrogen and oxygen atoms in total. The van der Waals surface area contributed by atoms with Gasteiger partial charge in [-0.3, -0.25) is 4.79 Å². The lowest BCUT2D eigenvalue weighted by atomic mass is 9.96. The topological polar surface area (TPSA) is 20.3 Å². The lowest BCUT2D eigenvalue weighted by Crippen LogP contribution is -2.26. The Hall–Kier alpha value is -0.790. The Balaban J connectivity index is 2.30. The van der Waals surface area contributed by atoms with E-state index in [0.717, 1.165) is 12.8 Å². The zero-order chi connectivity index (χ0) is 7.14. The van der Waals surface area contributed by atoms with Crippen molar-refractivity contribution in [3.8, 4) is 0 Å². The fourth-order valence-corrected chi connectivity index (χ4v) is 1.81. The van der Waals surface area contributed by atoms with Crippen LogP contribution in [0.5, 0.6) is 0 Å². The van der Waals surface area contributed by atoms with Gasteiger partial charge >= 0.3 is 0 Å². The van der Waals surface area contributed by atoms with Gasteiger partial charge in [0.1, 0.15) is 0 Å². The zero-order valence-electron chi connectivity index (χ0n) is 6.08. The summed E-state index contributed by atoms with van der Waals surface area (Å²) in [7, 11) is 1.89. The van der Waals surface area contributed by atoms with Gasteiger partial charge in [-0.15, -0.1) is 0 Å². The van der Waals surface area contributed by atoms with Gasteiger partial charge in [-0.05, 0) is 12.8 Å². The first-order valence-corrected chi connectivity index (χ1v) is 3.72. The Bertz CT molecular complexity index is 193. The molecule has 1 heterocycles. The molecule has 1 saturated heterocycles. The molecule has 2 atom stereocenters. The minimum absolute atomic E-state index is 0.306. The number of likely N-dealkylation sites (N-methyl/N-ethyl adjacent to an activating group) is 1. The minimum atomic E-state index is 0.306. The second-order valence-corrected chi connectivity index (χ2v) is 3.11. The molecular weight excluding hydrogens is 126 g/mol. The number of hydrogen-bond donors (Lipinski definition) is 0. The van der Waals surface area contributed by atoms with E-state index < -0.39 is 0 Å². The van der Waals surface area contributed by atoms with E-state index in [1.807, 2.05) is 11.9 Å².